The van der Waals surface area contributed by atoms with Crippen molar-refractivity contribution in [3.63, 3.8) is 0 Å². The van der Waals surface area contributed by atoms with E-state index in [1.165, 1.54) is 0 Å². The van der Waals surface area contributed by atoms with E-state index in [0.29, 0.717) is 19.3 Å². The Hall–Kier alpha value is -1.47. The van der Waals surface area contributed by atoms with Gasteiger partial charge < -0.3 is 26.5 Å². The van der Waals surface area contributed by atoms with Crippen LogP contribution in [-0.2, 0) is 14.4 Å². The van der Waals surface area contributed by atoms with Crippen LogP contribution < -0.4 is 11.5 Å². The first-order chi connectivity index (χ1) is 7.95. The molecule has 0 unspecified atom stereocenters. The molecule has 7 heteroatoms. The van der Waals surface area contributed by atoms with Crippen LogP contribution in [0.4, 0.5) is 0 Å². The summed E-state index contributed by atoms with van der Waals surface area (Å²) in [6.07, 6.45) is 2.82. The first-order valence-corrected chi connectivity index (χ1v) is 5.29. The van der Waals surface area contributed by atoms with Crippen molar-refractivity contribution in [2.45, 2.75) is 38.1 Å². The molecule has 1 atom stereocenters. The number of aliphatic carboxylic acids is 2. The number of nitrogens with two attached hydrogens (primary N) is 2. The van der Waals surface area contributed by atoms with Gasteiger partial charge in [-0.3, -0.25) is 9.59 Å². The average molecular weight is 248 g/mol. The maximum absolute atomic E-state index is 10.1. The van der Waals surface area contributed by atoms with Crippen molar-refractivity contribution < 1.29 is 24.6 Å². The molecule has 0 spiro atoms. The van der Waals surface area contributed by atoms with Gasteiger partial charge in [0.15, 0.2) is 0 Å². The zero-order valence-corrected chi connectivity index (χ0v) is 9.67. The van der Waals surface area contributed by atoms with E-state index in [4.69, 9.17) is 21.7 Å². The van der Waals surface area contributed by atoms with Crippen molar-refractivity contribution in [3.05, 3.63) is 0 Å². The Morgan fingerprint density at radius 1 is 1.24 bits per heavy atom. The van der Waals surface area contributed by atoms with Crippen LogP contribution in [-0.4, -0.2) is 41.0 Å². The van der Waals surface area contributed by atoms with Crippen molar-refractivity contribution in [3.8, 4) is 0 Å². The molecule has 0 amide bonds. The highest BCUT2D eigenvalue weighted by Gasteiger charge is 2.09. The van der Waals surface area contributed by atoms with Crippen LogP contribution in [0.15, 0.2) is 0 Å². The van der Waals surface area contributed by atoms with Crippen LogP contribution in [0.5, 0.6) is 0 Å². The topological polar surface area (TPSA) is 144 Å². The predicted octanol–water partition coefficient (Wildman–Crippen LogP) is -0.423. The van der Waals surface area contributed by atoms with Crippen molar-refractivity contribution in [1.82, 2.24) is 0 Å². The standard InChI is InChI=1S/C6H14N2O2.C4H6O3/c7-4-2-1-3-5(8)6(9)10;5-3-1-2-4(6)7/h5H,1-4,7-8H2,(H,9,10);3H,1-2H2,(H,6,7)/t5-;/m0./s1. The van der Waals surface area contributed by atoms with Crippen molar-refractivity contribution in [1.29, 1.82) is 0 Å². The number of hydrogen-bond acceptors (Lipinski definition) is 5. The summed E-state index contributed by atoms with van der Waals surface area (Å²) in [5, 5.41) is 16.2. The first kappa shape index (κ1) is 17.9. The van der Waals surface area contributed by atoms with E-state index in [1.807, 2.05) is 0 Å². The normalized spacial score (nSPS) is 10.9. The highest BCUT2D eigenvalue weighted by Crippen LogP contribution is 1.96. The number of unbranched alkanes of at least 4 members (excludes halogenated alkanes) is 1. The van der Waals surface area contributed by atoms with Gasteiger partial charge in [-0.2, -0.15) is 0 Å². The molecule has 100 valence electrons. The van der Waals surface area contributed by atoms with Crippen molar-refractivity contribution >= 4 is 18.2 Å². The van der Waals surface area contributed by atoms with Gasteiger partial charge in [0.2, 0.25) is 0 Å². The highest BCUT2D eigenvalue weighted by molar-refractivity contribution is 5.72. The molecule has 0 aliphatic heterocycles. The fraction of sp³-hybridized carbons (Fsp3) is 0.700. The van der Waals surface area contributed by atoms with Crippen LogP contribution >= 0.6 is 0 Å². The lowest BCUT2D eigenvalue weighted by Gasteiger charge is -2.03. The molecular formula is C10H20N2O5. The largest absolute Gasteiger partial charge is 0.481 e. The zero-order chi connectivity index (χ0) is 13.7. The number of carboxylic acid groups (broad SMARTS) is 2. The highest BCUT2D eigenvalue weighted by atomic mass is 16.4. The quantitative estimate of drug-likeness (QED) is 0.337. The van der Waals surface area contributed by atoms with Gasteiger partial charge >= 0.3 is 11.9 Å². The summed E-state index contributed by atoms with van der Waals surface area (Å²) >= 11 is 0. The van der Waals surface area contributed by atoms with E-state index in [-0.39, 0.29) is 12.8 Å². The Labute approximate surface area is 99.8 Å². The van der Waals surface area contributed by atoms with Crippen molar-refractivity contribution in [2.75, 3.05) is 6.54 Å². The van der Waals surface area contributed by atoms with E-state index in [0.717, 1.165) is 12.8 Å². The van der Waals surface area contributed by atoms with Crippen LogP contribution in [0.3, 0.4) is 0 Å². The molecule has 0 fully saturated rings. The van der Waals surface area contributed by atoms with Gasteiger partial charge in [-0.25, -0.2) is 0 Å². The van der Waals surface area contributed by atoms with Gasteiger partial charge in [0.05, 0.1) is 6.42 Å². The predicted molar refractivity (Wildman–Crippen MR) is 61.5 cm³/mol. The molecular weight excluding hydrogens is 228 g/mol. The minimum atomic E-state index is -0.933. The molecule has 0 bridgehead atoms. The van der Waals surface area contributed by atoms with Gasteiger partial charge in [0.25, 0.3) is 0 Å². The first-order valence-electron chi connectivity index (χ1n) is 5.29. The third-order valence-electron chi connectivity index (χ3n) is 1.76. The third kappa shape index (κ3) is 17.2. The fourth-order valence-corrected chi connectivity index (χ4v) is 0.814. The van der Waals surface area contributed by atoms with E-state index < -0.39 is 18.0 Å². The minimum absolute atomic E-state index is 0.0521. The minimum Gasteiger partial charge on any atom is -0.481 e. The van der Waals surface area contributed by atoms with Gasteiger partial charge in [-0.1, -0.05) is 6.42 Å². The van der Waals surface area contributed by atoms with Gasteiger partial charge in [-0.15, -0.1) is 0 Å². The van der Waals surface area contributed by atoms with Crippen LogP contribution in [0.25, 0.3) is 0 Å². The number of aldehydes is 1. The SMILES string of the molecule is NCCCC[C@H](N)C(=O)O.O=CCCC(=O)O. The van der Waals surface area contributed by atoms with Gasteiger partial charge in [0.1, 0.15) is 12.3 Å². The molecule has 0 aromatic carbocycles. The Morgan fingerprint density at radius 2 is 1.82 bits per heavy atom. The number of rotatable bonds is 8. The average Bonchev–Trinajstić information content (AvgIpc) is 2.27. The Bertz CT molecular complexity index is 233. The van der Waals surface area contributed by atoms with Crippen LogP contribution in [0.1, 0.15) is 32.1 Å². The lowest BCUT2D eigenvalue weighted by Crippen LogP contribution is -2.29. The fourth-order valence-electron chi connectivity index (χ4n) is 0.814. The molecule has 0 aromatic rings. The molecule has 0 heterocycles. The Balaban J connectivity index is 0. The molecule has 0 aliphatic rings. The summed E-state index contributed by atoms with van der Waals surface area (Å²) in [6.45, 7) is 0.604. The maximum Gasteiger partial charge on any atom is 0.320 e. The van der Waals surface area contributed by atoms with Crippen molar-refractivity contribution in [2.24, 2.45) is 11.5 Å². The third-order valence-corrected chi connectivity index (χ3v) is 1.76. The summed E-state index contributed by atoms with van der Waals surface area (Å²) in [4.78, 5) is 29.2. The summed E-state index contributed by atoms with van der Waals surface area (Å²) in [6, 6.07) is -0.716. The Morgan fingerprint density at radius 3 is 2.12 bits per heavy atom. The van der Waals surface area contributed by atoms with Crippen LogP contribution in [0.2, 0.25) is 0 Å². The molecule has 0 saturated carbocycles. The molecule has 7 nitrogen and oxygen atoms in total. The zero-order valence-electron chi connectivity index (χ0n) is 9.67. The van der Waals surface area contributed by atoms with Crippen LogP contribution in [0, 0.1) is 0 Å². The number of carbonyl (C=O) groups excluding carboxylic acids is 1. The number of carbonyl (C=O) groups is 3. The van der Waals surface area contributed by atoms with E-state index in [2.05, 4.69) is 0 Å². The summed E-state index contributed by atoms with van der Waals surface area (Å²) < 4.78 is 0. The second-order valence-corrected chi connectivity index (χ2v) is 3.33. The van der Waals surface area contributed by atoms with E-state index >= 15 is 0 Å². The molecule has 17 heavy (non-hydrogen) atoms. The number of carboxylic acids is 2. The molecule has 0 aliphatic carbocycles. The lowest BCUT2D eigenvalue weighted by molar-refractivity contribution is -0.139. The molecule has 0 aromatic heterocycles. The molecule has 0 radical (unpaired) electrons. The second kappa shape index (κ2) is 12.6. The van der Waals surface area contributed by atoms with E-state index in [1.54, 1.807) is 0 Å². The monoisotopic (exact) mass is 248 g/mol. The summed E-state index contributed by atoms with van der Waals surface area (Å²) in [5.74, 6) is -1.86. The molecule has 0 saturated heterocycles. The summed E-state index contributed by atoms with van der Waals surface area (Å²) in [5.41, 5.74) is 10.4. The maximum atomic E-state index is 10.1. The second-order valence-electron chi connectivity index (χ2n) is 3.33. The van der Waals surface area contributed by atoms with Gasteiger partial charge in [0, 0.05) is 6.42 Å². The van der Waals surface area contributed by atoms with E-state index in [9.17, 15) is 14.4 Å². The molecule has 6 N–H and O–H groups in total. The lowest BCUT2D eigenvalue weighted by atomic mass is 10.1. The van der Waals surface area contributed by atoms with Gasteiger partial charge in [-0.05, 0) is 19.4 Å². The smallest absolute Gasteiger partial charge is 0.320 e. The molecule has 0 rings (SSSR count). The Kier molecular flexibility index (Phi) is 13.3. The number of hydrogen-bond donors (Lipinski definition) is 4. The summed E-state index contributed by atoms with van der Waals surface area (Å²) in [7, 11) is 0.